The monoisotopic (exact) mass is 242 g/mol. The maximum Gasteiger partial charge on any atom is 0.260 e. The van der Waals surface area contributed by atoms with E-state index in [1.54, 1.807) is 11.1 Å². The summed E-state index contributed by atoms with van der Waals surface area (Å²) < 4.78 is 0. The fourth-order valence-electron chi connectivity index (χ4n) is 2.07. The van der Waals surface area contributed by atoms with Gasteiger partial charge >= 0.3 is 0 Å². The van der Waals surface area contributed by atoms with Crippen LogP contribution in [0, 0.1) is 13.8 Å². The van der Waals surface area contributed by atoms with E-state index in [2.05, 4.69) is 4.98 Å². The number of anilines is 1. The molecule has 0 saturated heterocycles. The molecule has 1 aromatic heterocycles. The Morgan fingerprint density at radius 2 is 2.06 bits per heavy atom. The number of rotatable bonds is 3. The molecule has 94 valence electrons. The molecular weight excluding hydrogens is 224 g/mol. The van der Waals surface area contributed by atoms with Crippen LogP contribution in [0.25, 0.3) is 0 Å². The minimum Gasteiger partial charge on any atom is -0.365 e. The van der Waals surface area contributed by atoms with E-state index in [1.807, 2.05) is 51.1 Å². The second-order valence-electron chi connectivity index (χ2n) is 4.40. The topological polar surface area (TPSA) is 36.1 Å². The highest BCUT2D eigenvalue weighted by Crippen LogP contribution is 2.19. The van der Waals surface area contributed by atoms with Gasteiger partial charge in [-0.3, -0.25) is 4.79 Å². The van der Waals surface area contributed by atoms with Crippen molar-refractivity contribution in [2.45, 2.75) is 20.8 Å². The quantitative estimate of drug-likeness (QED) is 0.880. The van der Waals surface area contributed by atoms with E-state index < -0.39 is 0 Å². The van der Waals surface area contributed by atoms with Gasteiger partial charge in [0.05, 0.1) is 5.56 Å². The Morgan fingerprint density at radius 3 is 2.61 bits per heavy atom. The summed E-state index contributed by atoms with van der Waals surface area (Å²) in [6, 6.07) is 9.84. The lowest BCUT2D eigenvalue weighted by molar-refractivity contribution is 0.0988. The van der Waals surface area contributed by atoms with Crippen molar-refractivity contribution in [1.29, 1.82) is 0 Å². The molecule has 3 nitrogen and oxygen atoms in total. The molecule has 0 aliphatic heterocycles. The Hall–Kier alpha value is -2.03. The highest BCUT2D eigenvalue weighted by molar-refractivity contribution is 6.06. The van der Waals surface area contributed by atoms with E-state index in [9.17, 15) is 4.79 Å². The van der Waals surface area contributed by atoms with Gasteiger partial charge in [-0.1, -0.05) is 12.1 Å². The number of hydrogen-bond acceptors (Lipinski definition) is 1. The van der Waals surface area contributed by atoms with Gasteiger partial charge in [0, 0.05) is 24.1 Å². The number of aromatic amines is 1. The molecule has 3 heteroatoms. The molecule has 1 heterocycles. The lowest BCUT2D eigenvalue weighted by Crippen LogP contribution is -2.30. The van der Waals surface area contributed by atoms with Crippen molar-refractivity contribution in [2.24, 2.45) is 0 Å². The Balaban J connectivity index is 2.35. The number of aromatic nitrogens is 1. The SMILES string of the molecule is CCN(C(=O)c1cc[nH]c1C)c1cccc(C)c1. The predicted octanol–water partition coefficient (Wildman–Crippen LogP) is 3.30. The zero-order chi connectivity index (χ0) is 13.1. The zero-order valence-corrected chi connectivity index (χ0v) is 11.0. The molecule has 2 aromatic rings. The first-order valence-electron chi connectivity index (χ1n) is 6.16. The molecule has 0 fully saturated rings. The molecule has 18 heavy (non-hydrogen) atoms. The number of hydrogen-bond donors (Lipinski definition) is 1. The van der Waals surface area contributed by atoms with E-state index in [-0.39, 0.29) is 5.91 Å². The fraction of sp³-hybridized carbons (Fsp3) is 0.267. The van der Waals surface area contributed by atoms with Gasteiger partial charge < -0.3 is 9.88 Å². The maximum absolute atomic E-state index is 12.5. The van der Waals surface area contributed by atoms with Crippen molar-refractivity contribution in [1.82, 2.24) is 4.98 Å². The first-order chi connectivity index (χ1) is 8.63. The van der Waals surface area contributed by atoms with Crippen molar-refractivity contribution in [3.63, 3.8) is 0 Å². The van der Waals surface area contributed by atoms with Crippen molar-refractivity contribution in [3.8, 4) is 0 Å². The molecule has 0 atom stereocenters. The van der Waals surface area contributed by atoms with Crippen molar-refractivity contribution in [2.75, 3.05) is 11.4 Å². The first kappa shape index (κ1) is 12.4. The maximum atomic E-state index is 12.5. The highest BCUT2D eigenvalue weighted by atomic mass is 16.2. The average molecular weight is 242 g/mol. The van der Waals surface area contributed by atoms with Crippen LogP contribution in [0.2, 0.25) is 0 Å². The second-order valence-corrected chi connectivity index (χ2v) is 4.40. The lowest BCUT2D eigenvalue weighted by atomic mass is 10.1. The Bertz CT molecular complexity index is 557. The number of nitrogens with one attached hydrogen (secondary N) is 1. The van der Waals surface area contributed by atoms with Crippen molar-refractivity contribution in [3.05, 3.63) is 53.3 Å². The molecule has 0 unspecified atom stereocenters. The fourth-order valence-corrected chi connectivity index (χ4v) is 2.07. The molecule has 2 rings (SSSR count). The summed E-state index contributed by atoms with van der Waals surface area (Å²) in [5, 5.41) is 0. The third-order valence-corrected chi connectivity index (χ3v) is 3.06. The number of carbonyl (C=O) groups excluding carboxylic acids is 1. The molecule has 0 radical (unpaired) electrons. The third kappa shape index (κ3) is 2.30. The van der Waals surface area contributed by atoms with Crippen molar-refractivity contribution >= 4 is 11.6 Å². The van der Waals surface area contributed by atoms with Gasteiger partial charge in [0.25, 0.3) is 5.91 Å². The average Bonchev–Trinajstić information content (AvgIpc) is 2.76. The number of H-pyrrole nitrogens is 1. The number of aryl methyl sites for hydroxylation is 2. The summed E-state index contributed by atoms with van der Waals surface area (Å²) in [4.78, 5) is 17.3. The summed E-state index contributed by atoms with van der Waals surface area (Å²) >= 11 is 0. The molecule has 0 aliphatic carbocycles. The minimum absolute atomic E-state index is 0.0434. The predicted molar refractivity (Wildman–Crippen MR) is 74.1 cm³/mol. The lowest BCUT2D eigenvalue weighted by Gasteiger charge is -2.21. The molecule has 0 spiro atoms. The van der Waals surface area contributed by atoms with E-state index >= 15 is 0 Å². The van der Waals surface area contributed by atoms with Crippen LogP contribution < -0.4 is 4.90 Å². The molecule has 1 N–H and O–H groups in total. The standard InChI is InChI=1S/C15H18N2O/c1-4-17(13-7-5-6-11(2)10-13)15(18)14-8-9-16-12(14)3/h5-10,16H,4H2,1-3H3. The third-order valence-electron chi connectivity index (χ3n) is 3.06. The van der Waals surface area contributed by atoms with Crippen LogP contribution in [0.5, 0.6) is 0 Å². The number of nitrogens with zero attached hydrogens (tertiary/aromatic N) is 1. The molecule has 0 bridgehead atoms. The largest absolute Gasteiger partial charge is 0.365 e. The smallest absolute Gasteiger partial charge is 0.260 e. The van der Waals surface area contributed by atoms with Gasteiger partial charge in [-0.05, 0) is 44.5 Å². The zero-order valence-electron chi connectivity index (χ0n) is 11.0. The van der Waals surface area contributed by atoms with Gasteiger partial charge in [-0.2, -0.15) is 0 Å². The Labute approximate surface area is 107 Å². The summed E-state index contributed by atoms with van der Waals surface area (Å²) in [6.45, 7) is 6.59. The van der Waals surface area contributed by atoms with Gasteiger partial charge in [0.15, 0.2) is 0 Å². The molecule has 0 aliphatic rings. The Morgan fingerprint density at radius 1 is 1.28 bits per heavy atom. The normalized spacial score (nSPS) is 10.4. The molecule has 1 aromatic carbocycles. The molecular formula is C15H18N2O. The van der Waals surface area contributed by atoms with Crippen LogP contribution >= 0.6 is 0 Å². The first-order valence-corrected chi connectivity index (χ1v) is 6.16. The van der Waals surface area contributed by atoms with E-state index in [1.165, 1.54) is 0 Å². The number of amides is 1. The minimum atomic E-state index is 0.0434. The summed E-state index contributed by atoms with van der Waals surface area (Å²) in [5.41, 5.74) is 3.75. The van der Waals surface area contributed by atoms with Gasteiger partial charge in [0.2, 0.25) is 0 Å². The highest BCUT2D eigenvalue weighted by Gasteiger charge is 2.18. The summed E-state index contributed by atoms with van der Waals surface area (Å²) in [5.74, 6) is 0.0434. The second kappa shape index (κ2) is 5.08. The molecule has 0 saturated carbocycles. The van der Waals surface area contributed by atoms with Crippen LogP contribution in [-0.2, 0) is 0 Å². The number of benzene rings is 1. The van der Waals surface area contributed by atoms with Crippen LogP contribution in [0.15, 0.2) is 36.5 Å². The van der Waals surface area contributed by atoms with Crippen molar-refractivity contribution < 1.29 is 4.79 Å². The van der Waals surface area contributed by atoms with E-state index in [0.717, 1.165) is 22.5 Å². The Kier molecular flexibility index (Phi) is 3.51. The van der Waals surface area contributed by atoms with E-state index in [4.69, 9.17) is 0 Å². The van der Waals surface area contributed by atoms with Crippen LogP contribution in [-0.4, -0.2) is 17.4 Å². The van der Waals surface area contributed by atoms with Crippen LogP contribution in [0.1, 0.15) is 28.5 Å². The van der Waals surface area contributed by atoms with Gasteiger partial charge in [-0.25, -0.2) is 0 Å². The number of carbonyl (C=O) groups is 1. The van der Waals surface area contributed by atoms with Gasteiger partial charge in [0.1, 0.15) is 0 Å². The van der Waals surface area contributed by atoms with Gasteiger partial charge in [-0.15, -0.1) is 0 Å². The molecule has 1 amide bonds. The van der Waals surface area contributed by atoms with E-state index in [0.29, 0.717) is 6.54 Å². The summed E-state index contributed by atoms with van der Waals surface area (Å²) in [7, 11) is 0. The van der Waals surface area contributed by atoms with Crippen LogP contribution in [0.3, 0.4) is 0 Å². The van der Waals surface area contributed by atoms with Crippen LogP contribution in [0.4, 0.5) is 5.69 Å². The summed E-state index contributed by atoms with van der Waals surface area (Å²) in [6.07, 6.45) is 1.80.